The summed E-state index contributed by atoms with van der Waals surface area (Å²) in [6.45, 7) is 4.92. The molecule has 160 valence electrons. The predicted molar refractivity (Wildman–Crippen MR) is 113 cm³/mol. The van der Waals surface area contributed by atoms with Gasteiger partial charge in [-0.25, -0.2) is 0 Å². The van der Waals surface area contributed by atoms with Gasteiger partial charge in [-0.1, -0.05) is 23.7 Å². The first kappa shape index (κ1) is 20.8. The van der Waals surface area contributed by atoms with E-state index in [1.807, 2.05) is 12.1 Å². The highest BCUT2D eigenvalue weighted by Gasteiger charge is 2.34. The summed E-state index contributed by atoms with van der Waals surface area (Å²) in [4.78, 5) is 27.2. The molecule has 1 saturated heterocycles. The first-order valence-corrected chi connectivity index (χ1v) is 10.7. The average molecular weight is 432 g/mol. The number of aromatic nitrogens is 2. The normalized spacial score (nSPS) is 18.0. The van der Waals surface area contributed by atoms with Crippen molar-refractivity contribution in [3.05, 3.63) is 47.2 Å². The number of ether oxygens (including phenoxy) is 1. The molecule has 1 aliphatic heterocycles. The van der Waals surface area contributed by atoms with Crippen molar-refractivity contribution in [2.75, 3.05) is 38.2 Å². The summed E-state index contributed by atoms with van der Waals surface area (Å²) in [7, 11) is 0. The molecule has 1 unspecified atom stereocenters. The topological polar surface area (TPSA) is 88.5 Å². The fraction of sp³-hybridized carbons (Fsp3) is 0.476. The Labute approximate surface area is 180 Å². The van der Waals surface area contributed by atoms with Crippen LogP contribution in [0.1, 0.15) is 24.4 Å². The Bertz CT molecular complexity index is 875. The minimum Gasteiger partial charge on any atom is -0.379 e. The molecule has 2 heterocycles. The molecule has 9 heteroatoms. The highest BCUT2D eigenvalue weighted by molar-refractivity contribution is 6.39. The molecule has 1 saturated carbocycles. The number of benzene rings is 1. The molecule has 2 N–H and O–H groups in total. The predicted octanol–water partition coefficient (Wildman–Crippen LogP) is 2.07. The third kappa shape index (κ3) is 5.59. The Morgan fingerprint density at radius 2 is 1.87 bits per heavy atom. The minimum atomic E-state index is -0.692. The van der Waals surface area contributed by atoms with Crippen LogP contribution in [-0.2, 0) is 20.9 Å². The van der Waals surface area contributed by atoms with Crippen molar-refractivity contribution in [2.45, 2.75) is 25.4 Å². The fourth-order valence-corrected chi connectivity index (χ4v) is 3.71. The Kier molecular flexibility index (Phi) is 6.66. The molecule has 30 heavy (non-hydrogen) atoms. The van der Waals surface area contributed by atoms with Crippen LogP contribution >= 0.6 is 11.6 Å². The highest BCUT2D eigenvalue weighted by Crippen LogP contribution is 2.41. The molecular formula is C21H26ClN5O3. The first-order chi connectivity index (χ1) is 14.6. The van der Waals surface area contributed by atoms with Gasteiger partial charge in [0.15, 0.2) is 0 Å². The maximum Gasteiger partial charge on any atom is 0.313 e. The van der Waals surface area contributed by atoms with Gasteiger partial charge in [-0.2, -0.15) is 5.10 Å². The third-order valence-electron chi connectivity index (χ3n) is 5.46. The molecule has 8 nitrogen and oxygen atoms in total. The summed E-state index contributed by atoms with van der Waals surface area (Å²) >= 11 is 5.96. The van der Waals surface area contributed by atoms with Gasteiger partial charge in [-0.3, -0.25) is 19.2 Å². The Balaban J connectivity index is 1.29. The molecule has 2 fully saturated rings. The molecule has 2 aliphatic rings. The van der Waals surface area contributed by atoms with Crippen LogP contribution in [0.25, 0.3) is 0 Å². The third-order valence-corrected chi connectivity index (χ3v) is 5.71. The standard InChI is InChI=1S/C21H26ClN5O3/c22-17-5-3-16(4-6-17)19(15-1-2-15)25-21(29)20(28)24-18-13-23-27(14-18)8-7-26-9-11-30-12-10-26/h3-6,13-15,19H,1-2,7-12H2,(H,24,28)(H,25,29). The summed E-state index contributed by atoms with van der Waals surface area (Å²) < 4.78 is 7.11. The number of halogens is 1. The van der Waals surface area contributed by atoms with Gasteiger partial charge < -0.3 is 15.4 Å². The molecule has 0 spiro atoms. The van der Waals surface area contributed by atoms with Crippen LogP contribution in [0, 0.1) is 5.92 Å². The van der Waals surface area contributed by atoms with Crippen LogP contribution in [0.2, 0.25) is 5.02 Å². The number of carbonyl (C=O) groups is 2. The Morgan fingerprint density at radius 1 is 1.13 bits per heavy atom. The van der Waals surface area contributed by atoms with Crippen LogP contribution in [-0.4, -0.2) is 59.3 Å². The summed E-state index contributed by atoms with van der Waals surface area (Å²) in [5, 5.41) is 10.4. The number of rotatable bonds is 7. The number of amides is 2. The summed E-state index contributed by atoms with van der Waals surface area (Å²) in [6.07, 6.45) is 5.36. The molecule has 2 aromatic rings. The number of hydrogen-bond donors (Lipinski definition) is 2. The lowest BCUT2D eigenvalue weighted by Gasteiger charge is -2.26. The second kappa shape index (κ2) is 9.59. The highest BCUT2D eigenvalue weighted by atomic mass is 35.5. The number of anilines is 1. The second-order valence-electron chi connectivity index (χ2n) is 7.74. The molecular weight excluding hydrogens is 406 g/mol. The molecule has 1 aliphatic carbocycles. The lowest BCUT2D eigenvalue weighted by atomic mass is 10.0. The second-order valence-corrected chi connectivity index (χ2v) is 8.18. The summed E-state index contributed by atoms with van der Waals surface area (Å²) in [6, 6.07) is 7.19. The quantitative estimate of drug-likeness (QED) is 0.655. The maximum atomic E-state index is 12.5. The van der Waals surface area contributed by atoms with Crippen LogP contribution < -0.4 is 10.6 Å². The molecule has 2 amide bonds. The van der Waals surface area contributed by atoms with E-state index in [4.69, 9.17) is 16.3 Å². The van der Waals surface area contributed by atoms with Gasteiger partial charge in [0.05, 0.1) is 37.7 Å². The largest absolute Gasteiger partial charge is 0.379 e. The van der Waals surface area contributed by atoms with E-state index in [1.54, 1.807) is 29.2 Å². The van der Waals surface area contributed by atoms with Crippen LogP contribution in [0.5, 0.6) is 0 Å². The van der Waals surface area contributed by atoms with Gasteiger partial charge in [0.2, 0.25) is 0 Å². The van der Waals surface area contributed by atoms with E-state index in [9.17, 15) is 9.59 Å². The van der Waals surface area contributed by atoms with E-state index in [0.29, 0.717) is 23.2 Å². The van der Waals surface area contributed by atoms with E-state index in [1.165, 1.54) is 0 Å². The molecule has 4 rings (SSSR count). The summed E-state index contributed by atoms with van der Waals surface area (Å²) in [5.41, 5.74) is 1.46. The van der Waals surface area contributed by atoms with Crippen molar-refractivity contribution in [1.29, 1.82) is 0 Å². The van der Waals surface area contributed by atoms with Gasteiger partial charge >= 0.3 is 11.8 Å². The van der Waals surface area contributed by atoms with E-state index < -0.39 is 11.8 Å². The first-order valence-electron chi connectivity index (χ1n) is 10.3. The lowest BCUT2D eigenvalue weighted by molar-refractivity contribution is -0.136. The van der Waals surface area contributed by atoms with Crippen molar-refractivity contribution >= 4 is 29.1 Å². The van der Waals surface area contributed by atoms with E-state index in [0.717, 1.165) is 51.3 Å². The molecule has 0 bridgehead atoms. The maximum absolute atomic E-state index is 12.5. The van der Waals surface area contributed by atoms with Gasteiger partial charge in [-0.05, 0) is 36.5 Å². The zero-order valence-corrected chi connectivity index (χ0v) is 17.5. The van der Waals surface area contributed by atoms with Gasteiger partial charge in [0.1, 0.15) is 0 Å². The lowest BCUT2D eigenvalue weighted by Crippen LogP contribution is -2.38. The SMILES string of the molecule is O=C(Nc1cnn(CCN2CCOCC2)c1)C(=O)NC(c1ccc(Cl)cc1)C1CC1. The Hall–Kier alpha value is -2.42. The average Bonchev–Trinajstić information content (AvgIpc) is 3.51. The number of hydrogen-bond acceptors (Lipinski definition) is 5. The minimum absolute atomic E-state index is 0.184. The molecule has 0 radical (unpaired) electrons. The zero-order chi connectivity index (χ0) is 20.9. The van der Waals surface area contributed by atoms with Gasteiger partial charge in [-0.15, -0.1) is 0 Å². The zero-order valence-electron chi connectivity index (χ0n) is 16.7. The smallest absolute Gasteiger partial charge is 0.313 e. The monoisotopic (exact) mass is 431 g/mol. The molecule has 1 aromatic carbocycles. The van der Waals surface area contributed by atoms with Gasteiger partial charge in [0, 0.05) is 30.9 Å². The van der Waals surface area contributed by atoms with E-state index >= 15 is 0 Å². The fourth-order valence-electron chi connectivity index (χ4n) is 3.59. The molecule has 1 aromatic heterocycles. The number of nitrogens with zero attached hydrogens (tertiary/aromatic N) is 3. The molecule has 1 atom stereocenters. The number of nitrogens with one attached hydrogen (secondary N) is 2. The van der Waals surface area contributed by atoms with Crippen molar-refractivity contribution in [1.82, 2.24) is 20.0 Å². The van der Waals surface area contributed by atoms with Crippen LogP contribution in [0.3, 0.4) is 0 Å². The van der Waals surface area contributed by atoms with E-state index in [-0.39, 0.29) is 6.04 Å². The van der Waals surface area contributed by atoms with Crippen molar-refractivity contribution in [3.8, 4) is 0 Å². The van der Waals surface area contributed by atoms with Crippen LogP contribution in [0.4, 0.5) is 5.69 Å². The van der Waals surface area contributed by atoms with Crippen molar-refractivity contribution in [3.63, 3.8) is 0 Å². The number of morpholine rings is 1. The van der Waals surface area contributed by atoms with Gasteiger partial charge in [0.25, 0.3) is 0 Å². The summed E-state index contributed by atoms with van der Waals surface area (Å²) in [5.74, 6) is -0.990. The Morgan fingerprint density at radius 3 is 2.57 bits per heavy atom. The van der Waals surface area contributed by atoms with E-state index in [2.05, 4.69) is 20.6 Å². The van der Waals surface area contributed by atoms with Crippen molar-refractivity contribution < 1.29 is 14.3 Å². The van der Waals surface area contributed by atoms with Crippen molar-refractivity contribution in [2.24, 2.45) is 5.92 Å². The van der Waals surface area contributed by atoms with Crippen LogP contribution in [0.15, 0.2) is 36.7 Å². The number of carbonyl (C=O) groups excluding carboxylic acids is 2.